The first-order chi connectivity index (χ1) is 11.4. The average molecular weight is 326 g/mol. The van der Waals surface area contributed by atoms with Crippen molar-refractivity contribution < 1.29 is 9.53 Å². The lowest BCUT2D eigenvalue weighted by atomic mass is 9.95. The summed E-state index contributed by atoms with van der Waals surface area (Å²) in [5.74, 6) is 1.10. The van der Waals surface area contributed by atoms with E-state index in [1.165, 1.54) is 0 Å². The van der Waals surface area contributed by atoms with E-state index in [0.29, 0.717) is 17.2 Å². The maximum atomic E-state index is 12.8. The van der Waals surface area contributed by atoms with Gasteiger partial charge in [-0.2, -0.15) is 0 Å². The summed E-state index contributed by atoms with van der Waals surface area (Å²) in [7, 11) is 1.65. The van der Waals surface area contributed by atoms with Crippen LogP contribution in [0.2, 0.25) is 0 Å². The summed E-state index contributed by atoms with van der Waals surface area (Å²) < 4.78 is 5.47. The van der Waals surface area contributed by atoms with Crippen LogP contribution in [0.4, 0.5) is 5.69 Å². The highest BCUT2D eigenvalue weighted by Gasteiger charge is 2.21. The van der Waals surface area contributed by atoms with Gasteiger partial charge >= 0.3 is 0 Å². The highest BCUT2D eigenvalue weighted by atomic mass is 16.5. The van der Waals surface area contributed by atoms with Crippen molar-refractivity contribution in [3.8, 4) is 5.75 Å². The monoisotopic (exact) mass is 326 g/mol. The van der Waals surface area contributed by atoms with Crippen LogP contribution in [0.5, 0.6) is 5.75 Å². The van der Waals surface area contributed by atoms with Crippen molar-refractivity contribution in [2.45, 2.75) is 33.2 Å². The molecule has 0 saturated heterocycles. The molecule has 1 unspecified atom stereocenters. The highest BCUT2D eigenvalue weighted by Crippen LogP contribution is 2.29. The number of nitrogen functional groups attached to an aromatic ring is 1. The highest BCUT2D eigenvalue weighted by molar-refractivity contribution is 5.96. The number of methoxy groups -OCH3 is 1. The number of nitrogens with one attached hydrogen (secondary N) is 1. The van der Waals surface area contributed by atoms with Gasteiger partial charge in [0.25, 0.3) is 5.91 Å². The van der Waals surface area contributed by atoms with Crippen LogP contribution in [0.25, 0.3) is 0 Å². The molecule has 2 aromatic carbocycles. The van der Waals surface area contributed by atoms with E-state index in [9.17, 15) is 4.79 Å². The molecule has 0 aromatic heterocycles. The fourth-order valence-electron chi connectivity index (χ4n) is 2.81. The van der Waals surface area contributed by atoms with E-state index < -0.39 is 0 Å². The van der Waals surface area contributed by atoms with E-state index in [0.717, 1.165) is 23.3 Å². The molecule has 0 aliphatic heterocycles. The van der Waals surface area contributed by atoms with Gasteiger partial charge < -0.3 is 15.8 Å². The molecular formula is C20H26N2O2. The molecule has 2 aromatic rings. The lowest BCUT2D eigenvalue weighted by Gasteiger charge is -2.23. The Hall–Kier alpha value is -2.49. The van der Waals surface area contributed by atoms with Gasteiger partial charge in [0, 0.05) is 16.8 Å². The van der Waals surface area contributed by atoms with Gasteiger partial charge in [0.2, 0.25) is 0 Å². The number of nitrogens with two attached hydrogens (primary N) is 1. The predicted octanol–water partition coefficient (Wildman–Crippen LogP) is 4.10. The van der Waals surface area contributed by atoms with Crippen molar-refractivity contribution >= 4 is 11.6 Å². The van der Waals surface area contributed by atoms with E-state index in [4.69, 9.17) is 10.5 Å². The molecule has 0 aliphatic carbocycles. The minimum absolute atomic E-state index is 0.114. The Bertz CT molecular complexity index is 711. The van der Waals surface area contributed by atoms with E-state index in [1.807, 2.05) is 37.3 Å². The molecule has 0 bridgehead atoms. The molecule has 24 heavy (non-hydrogen) atoms. The van der Waals surface area contributed by atoms with E-state index in [1.54, 1.807) is 19.2 Å². The first kappa shape index (κ1) is 17.9. The minimum Gasteiger partial charge on any atom is -0.496 e. The SMILES string of the molecule is COc1ccccc1C(CC(C)C)NC(=O)c1cc(N)ccc1C. The van der Waals surface area contributed by atoms with Crippen molar-refractivity contribution in [1.82, 2.24) is 5.32 Å². The van der Waals surface area contributed by atoms with Crippen LogP contribution < -0.4 is 15.8 Å². The zero-order chi connectivity index (χ0) is 17.7. The van der Waals surface area contributed by atoms with Gasteiger partial charge in [0.1, 0.15) is 5.75 Å². The number of benzene rings is 2. The molecule has 0 heterocycles. The second-order valence-electron chi connectivity index (χ2n) is 6.47. The smallest absolute Gasteiger partial charge is 0.252 e. The molecule has 1 atom stereocenters. The molecule has 0 spiro atoms. The van der Waals surface area contributed by atoms with Crippen molar-refractivity contribution in [2.75, 3.05) is 12.8 Å². The van der Waals surface area contributed by atoms with Crippen LogP contribution in [-0.2, 0) is 0 Å². The number of anilines is 1. The second kappa shape index (κ2) is 7.86. The van der Waals surface area contributed by atoms with Crippen LogP contribution in [-0.4, -0.2) is 13.0 Å². The Morgan fingerprint density at radius 3 is 2.58 bits per heavy atom. The van der Waals surface area contributed by atoms with Gasteiger partial charge in [-0.1, -0.05) is 38.1 Å². The Morgan fingerprint density at radius 2 is 1.92 bits per heavy atom. The number of carbonyl (C=O) groups is 1. The third-order valence-electron chi connectivity index (χ3n) is 4.03. The van der Waals surface area contributed by atoms with Crippen molar-refractivity contribution in [3.63, 3.8) is 0 Å². The fraction of sp³-hybridized carbons (Fsp3) is 0.350. The zero-order valence-electron chi connectivity index (χ0n) is 14.8. The van der Waals surface area contributed by atoms with Crippen LogP contribution in [0.3, 0.4) is 0 Å². The normalized spacial score (nSPS) is 12.0. The van der Waals surface area contributed by atoms with Crippen molar-refractivity contribution in [3.05, 3.63) is 59.2 Å². The summed E-state index contributed by atoms with van der Waals surface area (Å²) in [6.45, 7) is 6.19. The summed E-state index contributed by atoms with van der Waals surface area (Å²) in [5.41, 5.74) is 8.93. The van der Waals surface area contributed by atoms with Crippen molar-refractivity contribution in [1.29, 1.82) is 0 Å². The topological polar surface area (TPSA) is 64.3 Å². The van der Waals surface area contributed by atoms with Gasteiger partial charge in [-0.15, -0.1) is 0 Å². The molecule has 0 saturated carbocycles. The second-order valence-corrected chi connectivity index (χ2v) is 6.47. The van der Waals surface area contributed by atoms with Crippen LogP contribution in [0.1, 0.15) is 47.8 Å². The molecule has 0 aliphatic rings. The molecule has 0 fully saturated rings. The van der Waals surface area contributed by atoms with E-state index >= 15 is 0 Å². The first-order valence-electron chi connectivity index (χ1n) is 8.22. The van der Waals surface area contributed by atoms with Gasteiger partial charge in [0.15, 0.2) is 0 Å². The van der Waals surface area contributed by atoms with E-state index in [-0.39, 0.29) is 11.9 Å². The average Bonchev–Trinajstić information content (AvgIpc) is 2.55. The number of ether oxygens (including phenoxy) is 1. The third-order valence-corrected chi connectivity index (χ3v) is 4.03. The molecule has 2 rings (SSSR count). The molecule has 0 radical (unpaired) electrons. The third kappa shape index (κ3) is 4.28. The fourth-order valence-corrected chi connectivity index (χ4v) is 2.81. The molecule has 1 amide bonds. The minimum atomic E-state index is -0.116. The number of carbonyl (C=O) groups excluding carboxylic acids is 1. The maximum absolute atomic E-state index is 12.8. The van der Waals surface area contributed by atoms with Gasteiger partial charge in [-0.3, -0.25) is 4.79 Å². The van der Waals surface area contributed by atoms with Crippen LogP contribution in [0, 0.1) is 12.8 Å². The van der Waals surface area contributed by atoms with E-state index in [2.05, 4.69) is 19.2 Å². The largest absolute Gasteiger partial charge is 0.496 e. The zero-order valence-corrected chi connectivity index (χ0v) is 14.8. The Balaban J connectivity index is 2.32. The number of rotatable bonds is 6. The Morgan fingerprint density at radius 1 is 1.21 bits per heavy atom. The number of hydrogen-bond acceptors (Lipinski definition) is 3. The summed E-state index contributed by atoms with van der Waals surface area (Å²) in [6.07, 6.45) is 0.827. The summed E-state index contributed by atoms with van der Waals surface area (Å²) in [5, 5.41) is 3.15. The van der Waals surface area contributed by atoms with Gasteiger partial charge in [-0.25, -0.2) is 0 Å². The molecular weight excluding hydrogens is 300 g/mol. The first-order valence-corrected chi connectivity index (χ1v) is 8.22. The predicted molar refractivity (Wildman–Crippen MR) is 98.2 cm³/mol. The molecule has 3 N–H and O–H groups in total. The Kier molecular flexibility index (Phi) is 5.85. The molecule has 4 heteroatoms. The van der Waals surface area contributed by atoms with Gasteiger partial charge in [0.05, 0.1) is 13.2 Å². The lowest BCUT2D eigenvalue weighted by molar-refractivity contribution is 0.0931. The molecule has 4 nitrogen and oxygen atoms in total. The number of amides is 1. The van der Waals surface area contributed by atoms with Crippen molar-refractivity contribution in [2.24, 2.45) is 5.92 Å². The number of hydrogen-bond donors (Lipinski definition) is 2. The Labute approximate surface area is 144 Å². The summed E-state index contributed by atoms with van der Waals surface area (Å²) >= 11 is 0. The van der Waals surface area contributed by atoms with Crippen LogP contribution >= 0.6 is 0 Å². The quantitative estimate of drug-likeness (QED) is 0.785. The summed E-state index contributed by atoms with van der Waals surface area (Å²) in [6, 6.07) is 13.1. The number of aryl methyl sites for hydroxylation is 1. The standard InChI is InChI=1S/C20H26N2O2/c1-13(2)11-18(16-7-5-6-8-19(16)24-4)22-20(23)17-12-15(21)10-9-14(17)3/h5-10,12-13,18H,11,21H2,1-4H3,(H,22,23). The number of para-hydroxylation sites is 1. The lowest BCUT2D eigenvalue weighted by Crippen LogP contribution is -2.30. The maximum Gasteiger partial charge on any atom is 0.252 e. The van der Waals surface area contributed by atoms with Gasteiger partial charge in [-0.05, 0) is 43.0 Å². The van der Waals surface area contributed by atoms with Crippen LogP contribution in [0.15, 0.2) is 42.5 Å². The summed E-state index contributed by atoms with van der Waals surface area (Å²) in [4.78, 5) is 12.8. The molecule has 128 valence electrons.